The Morgan fingerprint density at radius 2 is 1.63 bits per heavy atom. The molecule has 0 saturated heterocycles. The van der Waals surface area contributed by atoms with Crippen LogP contribution in [0.2, 0.25) is 0 Å². The van der Waals surface area contributed by atoms with Gasteiger partial charge in [0.2, 0.25) is 11.8 Å². The normalized spacial score (nSPS) is 11.4. The standard InChI is InChI=1S/C21H27N3O3/c1-5-15(2)27-20-12-8-17(9-13-20)22-14-21(26)23-18-6-10-19(11-7-18)24(4)16(3)25/h6-13,15,22H,5,14H2,1-4H3,(H,23,26). The van der Waals surface area contributed by atoms with Crippen LogP contribution in [0.4, 0.5) is 17.1 Å². The van der Waals surface area contributed by atoms with Crippen LogP contribution in [0.5, 0.6) is 5.75 Å². The van der Waals surface area contributed by atoms with E-state index in [2.05, 4.69) is 17.6 Å². The SMILES string of the molecule is CCC(C)Oc1ccc(NCC(=O)Nc2ccc(N(C)C(C)=O)cc2)cc1. The highest BCUT2D eigenvalue weighted by Crippen LogP contribution is 2.18. The zero-order valence-corrected chi connectivity index (χ0v) is 16.3. The number of carbonyl (C=O) groups is 2. The molecule has 6 nitrogen and oxygen atoms in total. The van der Waals surface area contributed by atoms with Gasteiger partial charge in [-0.1, -0.05) is 6.92 Å². The average Bonchev–Trinajstić information content (AvgIpc) is 2.67. The van der Waals surface area contributed by atoms with Crippen molar-refractivity contribution >= 4 is 28.9 Å². The lowest BCUT2D eigenvalue weighted by molar-refractivity contribution is -0.116. The number of rotatable bonds is 8. The molecule has 0 aromatic heterocycles. The zero-order valence-electron chi connectivity index (χ0n) is 16.3. The molecule has 2 rings (SSSR count). The predicted molar refractivity (Wildman–Crippen MR) is 109 cm³/mol. The molecule has 6 heteroatoms. The van der Waals surface area contributed by atoms with Gasteiger partial charge in [0.05, 0.1) is 12.6 Å². The van der Waals surface area contributed by atoms with Crippen LogP contribution in [-0.2, 0) is 9.59 Å². The fourth-order valence-corrected chi connectivity index (χ4v) is 2.30. The molecule has 1 unspecified atom stereocenters. The molecule has 0 spiro atoms. The summed E-state index contributed by atoms with van der Waals surface area (Å²) in [7, 11) is 1.71. The van der Waals surface area contributed by atoms with Gasteiger partial charge in [-0.15, -0.1) is 0 Å². The Morgan fingerprint density at radius 3 is 2.19 bits per heavy atom. The number of hydrogen-bond acceptors (Lipinski definition) is 4. The Hall–Kier alpha value is -3.02. The first-order valence-electron chi connectivity index (χ1n) is 9.04. The van der Waals surface area contributed by atoms with Crippen molar-refractivity contribution in [3.63, 3.8) is 0 Å². The lowest BCUT2D eigenvalue weighted by Gasteiger charge is -2.15. The van der Waals surface area contributed by atoms with E-state index in [4.69, 9.17) is 4.74 Å². The quantitative estimate of drug-likeness (QED) is 0.740. The van der Waals surface area contributed by atoms with Gasteiger partial charge in [-0.2, -0.15) is 0 Å². The van der Waals surface area contributed by atoms with Crippen molar-refractivity contribution in [2.75, 3.05) is 29.1 Å². The average molecular weight is 369 g/mol. The summed E-state index contributed by atoms with van der Waals surface area (Å²) in [5, 5.41) is 5.91. The van der Waals surface area contributed by atoms with E-state index in [1.807, 2.05) is 31.2 Å². The monoisotopic (exact) mass is 369 g/mol. The van der Waals surface area contributed by atoms with Crippen LogP contribution in [0.15, 0.2) is 48.5 Å². The second-order valence-corrected chi connectivity index (χ2v) is 6.39. The molecule has 0 aliphatic rings. The molecule has 2 amide bonds. The van der Waals surface area contributed by atoms with Gasteiger partial charge in [0.1, 0.15) is 5.75 Å². The molecule has 2 aromatic rings. The highest BCUT2D eigenvalue weighted by atomic mass is 16.5. The van der Waals surface area contributed by atoms with Crippen LogP contribution < -0.4 is 20.3 Å². The van der Waals surface area contributed by atoms with Gasteiger partial charge in [0.25, 0.3) is 0 Å². The zero-order chi connectivity index (χ0) is 19.8. The highest BCUT2D eigenvalue weighted by Gasteiger charge is 2.07. The lowest BCUT2D eigenvalue weighted by Crippen LogP contribution is -2.23. The molecule has 27 heavy (non-hydrogen) atoms. The third-order valence-corrected chi connectivity index (χ3v) is 4.23. The van der Waals surface area contributed by atoms with Gasteiger partial charge in [-0.3, -0.25) is 9.59 Å². The summed E-state index contributed by atoms with van der Waals surface area (Å²) >= 11 is 0. The topological polar surface area (TPSA) is 70.7 Å². The van der Waals surface area contributed by atoms with Gasteiger partial charge in [-0.05, 0) is 61.9 Å². The molecule has 0 aliphatic heterocycles. The van der Waals surface area contributed by atoms with Gasteiger partial charge in [-0.25, -0.2) is 0 Å². The van der Waals surface area contributed by atoms with Gasteiger partial charge < -0.3 is 20.3 Å². The molecular formula is C21H27N3O3. The van der Waals surface area contributed by atoms with Gasteiger partial charge in [0.15, 0.2) is 0 Å². The summed E-state index contributed by atoms with van der Waals surface area (Å²) in [4.78, 5) is 25.0. The summed E-state index contributed by atoms with van der Waals surface area (Å²) in [6, 6.07) is 14.7. The molecule has 0 aliphatic carbocycles. The molecule has 0 saturated carbocycles. The van der Waals surface area contributed by atoms with E-state index in [1.165, 1.54) is 6.92 Å². The van der Waals surface area contributed by atoms with Crippen molar-refractivity contribution < 1.29 is 14.3 Å². The Kier molecular flexibility index (Phi) is 7.23. The summed E-state index contributed by atoms with van der Waals surface area (Å²) in [6.07, 6.45) is 1.13. The highest BCUT2D eigenvalue weighted by molar-refractivity contribution is 5.94. The first-order valence-corrected chi connectivity index (χ1v) is 9.04. The fraction of sp³-hybridized carbons (Fsp3) is 0.333. The predicted octanol–water partition coefficient (Wildman–Crippen LogP) is 3.90. The van der Waals surface area contributed by atoms with Crippen molar-refractivity contribution in [3.05, 3.63) is 48.5 Å². The number of hydrogen-bond donors (Lipinski definition) is 2. The fourth-order valence-electron chi connectivity index (χ4n) is 2.30. The van der Waals surface area contributed by atoms with E-state index in [9.17, 15) is 9.59 Å². The van der Waals surface area contributed by atoms with Crippen molar-refractivity contribution in [2.24, 2.45) is 0 Å². The summed E-state index contributed by atoms with van der Waals surface area (Å²) in [5.41, 5.74) is 2.30. The number of anilines is 3. The third-order valence-electron chi connectivity index (χ3n) is 4.23. The number of nitrogens with zero attached hydrogens (tertiary/aromatic N) is 1. The van der Waals surface area contributed by atoms with E-state index in [1.54, 1.807) is 36.2 Å². The largest absolute Gasteiger partial charge is 0.491 e. The van der Waals surface area contributed by atoms with E-state index in [-0.39, 0.29) is 24.5 Å². The number of benzene rings is 2. The maximum absolute atomic E-state index is 12.1. The van der Waals surface area contributed by atoms with E-state index < -0.39 is 0 Å². The molecule has 2 N–H and O–H groups in total. The summed E-state index contributed by atoms with van der Waals surface area (Å²) in [5.74, 6) is 0.620. The minimum absolute atomic E-state index is 0.0449. The molecule has 144 valence electrons. The minimum atomic E-state index is -0.150. The number of nitrogens with one attached hydrogen (secondary N) is 2. The maximum atomic E-state index is 12.1. The van der Waals surface area contributed by atoms with E-state index in [0.29, 0.717) is 5.69 Å². The van der Waals surface area contributed by atoms with Crippen molar-refractivity contribution in [1.82, 2.24) is 0 Å². The van der Waals surface area contributed by atoms with Crippen LogP contribution >= 0.6 is 0 Å². The Bertz CT molecular complexity index is 757. The van der Waals surface area contributed by atoms with Gasteiger partial charge in [0, 0.05) is 31.0 Å². The molecule has 0 fully saturated rings. The molecule has 2 aromatic carbocycles. The van der Waals surface area contributed by atoms with E-state index in [0.717, 1.165) is 23.5 Å². The second-order valence-electron chi connectivity index (χ2n) is 6.39. The molecule has 0 bridgehead atoms. The molecule has 1 atom stereocenters. The van der Waals surface area contributed by atoms with Crippen molar-refractivity contribution in [2.45, 2.75) is 33.3 Å². The molecule has 0 heterocycles. The van der Waals surface area contributed by atoms with Crippen molar-refractivity contribution in [1.29, 1.82) is 0 Å². The lowest BCUT2D eigenvalue weighted by atomic mass is 10.2. The smallest absolute Gasteiger partial charge is 0.243 e. The minimum Gasteiger partial charge on any atom is -0.491 e. The van der Waals surface area contributed by atoms with E-state index >= 15 is 0 Å². The number of carbonyl (C=O) groups excluding carboxylic acids is 2. The second kappa shape index (κ2) is 9.62. The first-order chi connectivity index (χ1) is 12.9. The first kappa shape index (κ1) is 20.3. The number of ether oxygens (including phenoxy) is 1. The summed E-state index contributed by atoms with van der Waals surface area (Å²) in [6.45, 7) is 5.76. The Labute approximate surface area is 160 Å². The molecule has 0 radical (unpaired) electrons. The molecular weight excluding hydrogens is 342 g/mol. The Morgan fingerprint density at radius 1 is 1.04 bits per heavy atom. The van der Waals surface area contributed by atoms with Crippen LogP contribution in [0.1, 0.15) is 27.2 Å². The maximum Gasteiger partial charge on any atom is 0.243 e. The van der Waals surface area contributed by atoms with Gasteiger partial charge >= 0.3 is 0 Å². The van der Waals surface area contributed by atoms with Crippen LogP contribution in [-0.4, -0.2) is 31.5 Å². The van der Waals surface area contributed by atoms with Crippen LogP contribution in [0.3, 0.4) is 0 Å². The summed E-state index contributed by atoms with van der Waals surface area (Å²) < 4.78 is 5.73. The van der Waals surface area contributed by atoms with Crippen molar-refractivity contribution in [3.8, 4) is 5.75 Å². The van der Waals surface area contributed by atoms with Crippen LogP contribution in [0.25, 0.3) is 0 Å². The third kappa shape index (κ3) is 6.33. The van der Waals surface area contributed by atoms with Crippen LogP contribution in [0, 0.1) is 0 Å². The Balaban J connectivity index is 1.83. The number of amides is 2.